The van der Waals surface area contributed by atoms with E-state index in [1.165, 1.54) is 12.1 Å². The van der Waals surface area contributed by atoms with Gasteiger partial charge < -0.3 is 10.5 Å². The van der Waals surface area contributed by atoms with Crippen molar-refractivity contribution in [3.63, 3.8) is 0 Å². The number of hydrogen-bond donors (Lipinski definition) is 1. The molecule has 0 aromatic heterocycles. The number of benzene rings is 1. The minimum Gasteiger partial charge on any atom is -0.406 e. The minimum absolute atomic E-state index is 0.105. The Labute approximate surface area is 104 Å². The zero-order chi connectivity index (χ0) is 13.6. The molecule has 1 aliphatic carbocycles. The molecule has 0 bridgehead atoms. The molecule has 2 rings (SSSR count). The van der Waals surface area contributed by atoms with Crippen LogP contribution >= 0.6 is 0 Å². The predicted octanol–water partition coefficient (Wildman–Crippen LogP) is 3.21. The lowest BCUT2D eigenvalue weighted by Gasteiger charge is -2.19. The number of halogens is 3. The van der Waals surface area contributed by atoms with Crippen molar-refractivity contribution in [3.05, 3.63) is 29.8 Å². The van der Waals surface area contributed by atoms with E-state index < -0.39 is 6.36 Å². The zero-order valence-electron chi connectivity index (χ0n) is 10.3. The van der Waals surface area contributed by atoms with Gasteiger partial charge in [0.15, 0.2) is 0 Å². The third kappa shape index (κ3) is 2.19. The molecular formula is C13H16F3NO. The smallest absolute Gasteiger partial charge is 0.406 e. The Morgan fingerprint density at radius 3 is 2.06 bits per heavy atom. The summed E-state index contributed by atoms with van der Waals surface area (Å²) >= 11 is 0. The van der Waals surface area contributed by atoms with E-state index in [9.17, 15) is 13.2 Å². The highest BCUT2D eigenvalue weighted by Gasteiger charge is 2.60. The fourth-order valence-electron chi connectivity index (χ4n) is 2.65. The Balaban J connectivity index is 2.19. The molecule has 0 radical (unpaired) electrons. The van der Waals surface area contributed by atoms with Crippen LogP contribution in [0.15, 0.2) is 24.3 Å². The molecule has 1 atom stereocenters. The molecular weight excluding hydrogens is 243 g/mol. The Morgan fingerprint density at radius 1 is 1.22 bits per heavy atom. The lowest BCUT2D eigenvalue weighted by molar-refractivity contribution is -0.274. The Bertz CT molecular complexity index is 439. The molecule has 5 heteroatoms. The van der Waals surface area contributed by atoms with Crippen LogP contribution < -0.4 is 10.5 Å². The quantitative estimate of drug-likeness (QED) is 0.904. The number of alkyl halides is 3. The van der Waals surface area contributed by atoms with Gasteiger partial charge in [-0.3, -0.25) is 0 Å². The highest BCUT2D eigenvalue weighted by atomic mass is 19.4. The molecule has 2 nitrogen and oxygen atoms in total. The highest BCUT2D eigenvalue weighted by Crippen LogP contribution is 2.63. The molecule has 0 amide bonds. The predicted molar refractivity (Wildman–Crippen MR) is 62.3 cm³/mol. The monoisotopic (exact) mass is 259 g/mol. The zero-order valence-corrected chi connectivity index (χ0v) is 10.3. The number of nitrogens with two attached hydrogens (primary N) is 1. The largest absolute Gasteiger partial charge is 0.573 e. The fraction of sp³-hybridized carbons (Fsp3) is 0.538. The number of rotatable bonds is 3. The van der Waals surface area contributed by atoms with Gasteiger partial charge in [-0.15, -0.1) is 13.2 Å². The van der Waals surface area contributed by atoms with Crippen LogP contribution in [-0.4, -0.2) is 12.9 Å². The summed E-state index contributed by atoms with van der Waals surface area (Å²) < 4.78 is 39.9. The van der Waals surface area contributed by atoms with Gasteiger partial charge in [0, 0.05) is 12.0 Å². The van der Waals surface area contributed by atoms with Gasteiger partial charge in [0.1, 0.15) is 5.75 Å². The first-order valence-electron chi connectivity index (χ1n) is 5.77. The van der Waals surface area contributed by atoms with Gasteiger partial charge in [-0.05, 0) is 29.5 Å². The number of hydrogen-bond acceptors (Lipinski definition) is 2. The molecule has 2 N–H and O–H groups in total. The van der Waals surface area contributed by atoms with E-state index in [0.29, 0.717) is 6.54 Å². The Morgan fingerprint density at radius 2 is 1.72 bits per heavy atom. The van der Waals surface area contributed by atoms with Crippen LogP contribution in [0.4, 0.5) is 13.2 Å². The Hall–Kier alpha value is -1.23. The molecule has 0 aliphatic heterocycles. The second-order valence-corrected chi connectivity index (χ2v) is 5.42. The van der Waals surface area contributed by atoms with Crippen LogP contribution in [-0.2, 0) is 5.41 Å². The minimum atomic E-state index is -4.65. The molecule has 1 aliphatic rings. The average Bonchev–Trinajstić information content (AvgIpc) is 2.81. The van der Waals surface area contributed by atoms with E-state index in [4.69, 9.17) is 5.73 Å². The third-order valence-electron chi connectivity index (χ3n) is 3.90. The van der Waals surface area contributed by atoms with Crippen molar-refractivity contribution in [3.8, 4) is 5.75 Å². The van der Waals surface area contributed by atoms with E-state index in [-0.39, 0.29) is 16.6 Å². The summed E-state index contributed by atoms with van der Waals surface area (Å²) in [6, 6.07) is 6.02. The van der Waals surface area contributed by atoms with Crippen LogP contribution in [0.5, 0.6) is 5.75 Å². The van der Waals surface area contributed by atoms with Crippen molar-refractivity contribution in [2.75, 3.05) is 6.54 Å². The SMILES string of the molecule is CC1(C)CC1(CN)c1ccc(OC(F)(F)F)cc1. The summed E-state index contributed by atoms with van der Waals surface area (Å²) in [5.41, 5.74) is 6.78. The van der Waals surface area contributed by atoms with E-state index in [0.717, 1.165) is 12.0 Å². The van der Waals surface area contributed by atoms with Crippen molar-refractivity contribution >= 4 is 0 Å². The average molecular weight is 259 g/mol. The van der Waals surface area contributed by atoms with Crippen LogP contribution in [0, 0.1) is 5.41 Å². The maximum atomic E-state index is 12.0. The molecule has 1 aromatic carbocycles. The lowest BCUT2D eigenvalue weighted by Crippen LogP contribution is -2.25. The molecule has 1 fully saturated rings. The maximum absolute atomic E-state index is 12.0. The van der Waals surface area contributed by atoms with E-state index in [1.807, 2.05) is 0 Å². The van der Waals surface area contributed by atoms with Crippen LogP contribution in [0.2, 0.25) is 0 Å². The van der Waals surface area contributed by atoms with Gasteiger partial charge in [-0.25, -0.2) is 0 Å². The van der Waals surface area contributed by atoms with Gasteiger partial charge in [-0.1, -0.05) is 26.0 Å². The molecule has 1 unspecified atom stereocenters. The maximum Gasteiger partial charge on any atom is 0.573 e. The second-order valence-electron chi connectivity index (χ2n) is 5.42. The summed E-state index contributed by atoms with van der Waals surface area (Å²) in [5.74, 6) is -0.197. The van der Waals surface area contributed by atoms with Crippen molar-refractivity contribution in [2.45, 2.75) is 32.0 Å². The molecule has 0 spiro atoms. The lowest BCUT2D eigenvalue weighted by atomic mass is 9.88. The summed E-state index contributed by atoms with van der Waals surface area (Å²) in [7, 11) is 0. The summed E-state index contributed by atoms with van der Waals surface area (Å²) in [5, 5.41) is 0. The first kappa shape index (κ1) is 13.2. The van der Waals surface area contributed by atoms with Gasteiger partial charge in [-0.2, -0.15) is 0 Å². The van der Waals surface area contributed by atoms with Gasteiger partial charge in [0.25, 0.3) is 0 Å². The van der Waals surface area contributed by atoms with Gasteiger partial charge in [0.05, 0.1) is 0 Å². The Kier molecular flexibility index (Phi) is 2.85. The van der Waals surface area contributed by atoms with Crippen LogP contribution in [0.25, 0.3) is 0 Å². The first-order chi connectivity index (χ1) is 8.20. The number of ether oxygens (including phenoxy) is 1. The third-order valence-corrected chi connectivity index (χ3v) is 3.90. The van der Waals surface area contributed by atoms with Gasteiger partial charge in [0.2, 0.25) is 0 Å². The van der Waals surface area contributed by atoms with E-state index >= 15 is 0 Å². The van der Waals surface area contributed by atoms with Crippen molar-refractivity contribution in [1.82, 2.24) is 0 Å². The molecule has 1 aromatic rings. The molecule has 18 heavy (non-hydrogen) atoms. The summed E-state index contributed by atoms with van der Waals surface area (Å²) in [4.78, 5) is 0. The standard InChI is InChI=1S/C13H16F3NO/c1-11(2)7-12(11,8-17)9-3-5-10(6-4-9)18-13(14,15)16/h3-6H,7-8,17H2,1-2H3. The fourth-order valence-corrected chi connectivity index (χ4v) is 2.65. The summed E-state index contributed by atoms with van der Waals surface area (Å²) in [6.07, 6.45) is -3.69. The van der Waals surface area contributed by atoms with Crippen molar-refractivity contribution in [2.24, 2.45) is 11.1 Å². The van der Waals surface area contributed by atoms with Crippen molar-refractivity contribution in [1.29, 1.82) is 0 Å². The van der Waals surface area contributed by atoms with E-state index in [2.05, 4.69) is 18.6 Å². The molecule has 1 saturated carbocycles. The molecule has 0 heterocycles. The first-order valence-corrected chi connectivity index (χ1v) is 5.77. The van der Waals surface area contributed by atoms with Crippen molar-refractivity contribution < 1.29 is 17.9 Å². The van der Waals surface area contributed by atoms with E-state index in [1.54, 1.807) is 12.1 Å². The second kappa shape index (κ2) is 3.88. The van der Waals surface area contributed by atoms with Crippen LogP contribution in [0.1, 0.15) is 25.8 Å². The molecule has 0 saturated heterocycles. The summed E-state index contributed by atoms with van der Waals surface area (Å²) in [6.45, 7) is 4.72. The highest BCUT2D eigenvalue weighted by molar-refractivity contribution is 5.40. The van der Waals surface area contributed by atoms with Gasteiger partial charge >= 0.3 is 6.36 Å². The normalized spacial score (nSPS) is 25.9. The van der Waals surface area contributed by atoms with Crippen LogP contribution in [0.3, 0.4) is 0 Å². The topological polar surface area (TPSA) is 35.2 Å². The molecule has 100 valence electrons.